The lowest BCUT2D eigenvalue weighted by molar-refractivity contribution is -0.394. The fourth-order valence-electron chi connectivity index (χ4n) is 2.11. The molecule has 1 saturated carbocycles. The Morgan fingerprint density at radius 3 is 2.75 bits per heavy atom. The van der Waals surface area contributed by atoms with E-state index in [0.29, 0.717) is 0 Å². The zero-order valence-electron chi connectivity index (χ0n) is 8.87. The highest BCUT2D eigenvalue weighted by Crippen LogP contribution is 2.29. The van der Waals surface area contributed by atoms with Gasteiger partial charge in [-0.25, -0.2) is 0 Å². The first-order valence-electron chi connectivity index (χ1n) is 5.35. The number of hydrogen-bond donors (Lipinski definition) is 1. The molecule has 1 aliphatic rings. The highest BCUT2D eigenvalue weighted by Gasteiger charge is 2.31. The van der Waals surface area contributed by atoms with Gasteiger partial charge in [-0.15, -0.1) is 0 Å². The van der Waals surface area contributed by atoms with Crippen LogP contribution in [0.4, 0.5) is 5.95 Å². The third-order valence-electron chi connectivity index (χ3n) is 2.93. The topological polar surface area (TPSA) is 94.1 Å². The minimum absolute atomic E-state index is 0.286. The fourth-order valence-corrected chi connectivity index (χ4v) is 2.11. The van der Waals surface area contributed by atoms with Crippen molar-refractivity contribution in [3.63, 3.8) is 0 Å². The molecule has 88 valence electrons. The number of nitrogens with zero attached hydrogens (tertiary/aromatic N) is 4. The normalized spacial score (nSPS) is 19.6. The SMILES string of the molecule is O=[N+]([O-])c1ncn(CC2(O)CCCCC2)n1. The Balaban J connectivity index is 2.04. The molecular formula is C9H14N4O3. The van der Waals surface area contributed by atoms with Crippen LogP contribution in [0.5, 0.6) is 0 Å². The van der Waals surface area contributed by atoms with E-state index >= 15 is 0 Å². The van der Waals surface area contributed by atoms with E-state index in [1.54, 1.807) is 0 Å². The van der Waals surface area contributed by atoms with Crippen molar-refractivity contribution in [3.8, 4) is 0 Å². The smallest absolute Gasteiger partial charge is 0.390 e. The van der Waals surface area contributed by atoms with E-state index in [4.69, 9.17) is 0 Å². The van der Waals surface area contributed by atoms with Crippen LogP contribution in [0.25, 0.3) is 0 Å². The van der Waals surface area contributed by atoms with Crippen LogP contribution in [-0.2, 0) is 6.54 Å². The molecule has 1 aromatic heterocycles. The first-order valence-corrected chi connectivity index (χ1v) is 5.35. The van der Waals surface area contributed by atoms with Crippen molar-refractivity contribution in [2.24, 2.45) is 0 Å². The summed E-state index contributed by atoms with van der Waals surface area (Å²) in [4.78, 5) is 13.3. The minimum Gasteiger partial charge on any atom is -0.390 e. The maximum atomic E-state index is 10.4. The largest absolute Gasteiger partial charge is 0.490 e. The van der Waals surface area contributed by atoms with Gasteiger partial charge in [-0.05, 0) is 17.8 Å². The predicted molar refractivity (Wildman–Crippen MR) is 54.7 cm³/mol. The van der Waals surface area contributed by atoms with Gasteiger partial charge in [-0.3, -0.25) is 0 Å². The summed E-state index contributed by atoms with van der Waals surface area (Å²) in [5, 5.41) is 24.3. The van der Waals surface area contributed by atoms with Gasteiger partial charge in [0, 0.05) is 5.10 Å². The van der Waals surface area contributed by atoms with Crippen molar-refractivity contribution in [3.05, 3.63) is 16.4 Å². The molecule has 1 aromatic rings. The molecule has 1 heterocycles. The lowest BCUT2D eigenvalue weighted by atomic mass is 9.85. The van der Waals surface area contributed by atoms with Gasteiger partial charge in [0.1, 0.15) is 0 Å². The van der Waals surface area contributed by atoms with Crippen LogP contribution in [0.3, 0.4) is 0 Å². The second kappa shape index (κ2) is 4.17. The molecule has 0 atom stereocenters. The van der Waals surface area contributed by atoms with Crippen molar-refractivity contribution >= 4 is 5.95 Å². The number of hydrogen-bond acceptors (Lipinski definition) is 5. The Kier molecular flexibility index (Phi) is 2.86. The van der Waals surface area contributed by atoms with Crippen molar-refractivity contribution in [2.75, 3.05) is 0 Å². The van der Waals surface area contributed by atoms with Crippen molar-refractivity contribution in [1.29, 1.82) is 0 Å². The zero-order chi connectivity index (χ0) is 11.6. The van der Waals surface area contributed by atoms with Crippen LogP contribution in [0.15, 0.2) is 6.33 Å². The second-order valence-electron chi connectivity index (χ2n) is 4.28. The van der Waals surface area contributed by atoms with Crippen molar-refractivity contribution in [2.45, 2.75) is 44.2 Å². The summed E-state index contributed by atoms with van der Waals surface area (Å²) in [6.07, 6.45) is 5.87. The summed E-state index contributed by atoms with van der Waals surface area (Å²) in [6.45, 7) is 0.286. The van der Waals surface area contributed by atoms with Crippen LogP contribution in [0.1, 0.15) is 32.1 Å². The molecular weight excluding hydrogens is 212 g/mol. The van der Waals surface area contributed by atoms with Gasteiger partial charge in [0.05, 0.1) is 12.1 Å². The third kappa shape index (κ3) is 2.35. The molecule has 0 unspecified atom stereocenters. The molecule has 1 fully saturated rings. The van der Waals surface area contributed by atoms with E-state index in [1.807, 2.05) is 0 Å². The maximum Gasteiger partial charge on any atom is 0.490 e. The van der Waals surface area contributed by atoms with Gasteiger partial charge < -0.3 is 15.2 Å². The number of aliphatic hydroxyl groups is 1. The highest BCUT2D eigenvalue weighted by molar-refractivity contribution is 4.97. The van der Waals surface area contributed by atoms with Crippen molar-refractivity contribution < 1.29 is 10.0 Å². The van der Waals surface area contributed by atoms with Gasteiger partial charge in [0.25, 0.3) is 0 Å². The standard InChI is InChI=1S/C9H14N4O3/c14-9(4-2-1-3-5-9)6-12-7-10-8(11-12)13(15)16/h7,14H,1-6H2. The summed E-state index contributed by atoms with van der Waals surface area (Å²) in [5.41, 5.74) is -0.778. The Morgan fingerprint density at radius 2 is 2.19 bits per heavy atom. The molecule has 7 nitrogen and oxygen atoms in total. The lowest BCUT2D eigenvalue weighted by Gasteiger charge is -2.30. The Morgan fingerprint density at radius 1 is 1.50 bits per heavy atom. The second-order valence-corrected chi connectivity index (χ2v) is 4.28. The first-order chi connectivity index (χ1) is 7.59. The quantitative estimate of drug-likeness (QED) is 0.609. The van der Waals surface area contributed by atoms with Crippen LogP contribution < -0.4 is 0 Å². The van der Waals surface area contributed by atoms with E-state index in [1.165, 1.54) is 11.0 Å². The lowest BCUT2D eigenvalue weighted by Crippen LogP contribution is -2.36. The van der Waals surface area contributed by atoms with Gasteiger partial charge in [-0.1, -0.05) is 24.2 Å². The summed E-state index contributed by atoms with van der Waals surface area (Å²) in [7, 11) is 0. The van der Waals surface area contributed by atoms with Crippen LogP contribution >= 0.6 is 0 Å². The minimum atomic E-state index is -0.778. The Hall–Kier alpha value is -1.50. The predicted octanol–water partition coefficient (Wildman–Crippen LogP) is 0.881. The van der Waals surface area contributed by atoms with E-state index in [9.17, 15) is 15.2 Å². The Bertz CT molecular complexity index is 384. The maximum absolute atomic E-state index is 10.4. The molecule has 0 aliphatic heterocycles. The molecule has 0 spiro atoms. The van der Waals surface area contributed by atoms with E-state index < -0.39 is 16.5 Å². The molecule has 0 amide bonds. The van der Waals surface area contributed by atoms with Crippen LogP contribution in [0.2, 0.25) is 0 Å². The highest BCUT2D eigenvalue weighted by atomic mass is 16.6. The number of aromatic nitrogens is 3. The van der Waals surface area contributed by atoms with Crippen molar-refractivity contribution in [1.82, 2.24) is 14.8 Å². The molecule has 0 bridgehead atoms. The number of rotatable bonds is 3. The third-order valence-corrected chi connectivity index (χ3v) is 2.93. The van der Waals surface area contributed by atoms with E-state index in [0.717, 1.165) is 32.1 Å². The average Bonchev–Trinajstić information content (AvgIpc) is 2.66. The molecule has 0 radical (unpaired) electrons. The van der Waals surface area contributed by atoms with Gasteiger partial charge in [-0.2, -0.15) is 4.68 Å². The summed E-state index contributed by atoms with van der Waals surface area (Å²) in [6, 6.07) is 0. The zero-order valence-corrected chi connectivity index (χ0v) is 8.87. The van der Waals surface area contributed by atoms with Gasteiger partial charge >= 0.3 is 5.95 Å². The summed E-state index contributed by atoms with van der Waals surface area (Å²) in [5.74, 6) is -0.417. The van der Waals surface area contributed by atoms with Crippen LogP contribution in [-0.4, -0.2) is 30.4 Å². The number of nitro groups is 1. The van der Waals surface area contributed by atoms with Crippen LogP contribution in [0, 0.1) is 10.1 Å². The molecule has 1 N–H and O–H groups in total. The van der Waals surface area contributed by atoms with E-state index in [-0.39, 0.29) is 6.54 Å². The summed E-state index contributed by atoms with van der Waals surface area (Å²) >= 11 is 0. The fraction of sp³-hybridized carbons (Fsp3) is 0.778. The molecule has 7 heteroatoms. The first kappa shape index (κ1) is 11.0. The van der Waals surface area contributed by atoms with Gasteiger partial charge in [0.2, 0.25) is 6.33 Å². The van der Waals surface area contributed by atoms with Gasteiger partial charge in [0.15, 0.2) is 0 Å². The summed E-state index contributed by atoms with van der Waals surface area (Å²) < 4.78 is 1.35. The molecule has 1 aliphatic carbocycles. The molecule has 16 heavy (non-hydrogen) atoms. The monoisotopic (exact) mass is 226 g/mol. The molecule has 2 rings (SSSR count). The van der Waals surface area contributed by atoms with E-state index in [2.05, 4.69) is 10.1 Å². The molecule has 0 saturated heterocycles. The Labute approximate surface area is 92.3 Å². The average molecular weight is 226 g/mol. The molecule has 0 aromatic carbocycles.